The predicted molar refractivity (Wildman–Crippen MR) is 87.4 cm³/mol. The summed E-state index contributed by atoms with van der Waals surface area (Å²) >= 11 is 0. The van der Waals surface area contributed by atoms with E-state index in [4.69, 9.17) is 0 Å². The lowest BCUT2D eigenvalue weighted by atomic mass is 9.76. The molecule has 2 atom stereocenters. The van der Waals surface area contributed by atoms with Gasteiger partial charge in [-0.15, -0.1) is 0 Å². The van der Waals surface area contributed by atoms with Crippen LogP contribution >= 0.6 is 0 Å². The van der Waals surface area contributed by atoms with E-state index in [1.165, 1.54) is 12.8 Å². The quantitative estimate of drug-likeness (QED) is 0.802. The first-order valence-electron chi connectivity index (χ1n) is 7.74. The number of amides is 2. The highest BCUT2D eigenvalue weighted by Gasteiger charge is 2.27. The second-order valence-corrected chi connectivity index (χ2v) is 6.27. The Morgan fingerprint density at radius 3 is 2.62 bits per heavy atom. The van der Waals surface area contributed by atoms with Gasteiger partial charge in [-0.05, 0) is 43.2 Å². The first kappa shape index (κ1) is 15.5. The molecule has 21 heavy (non-hydrogen) atoms. The molecule has 1 saturated carbocycles. The topological polar surface area (TPSA) is 53.5 Å². The van der Waals surface area contributed by atoms with Crippen molar-refractivity contribution in [1.29, 1.82) is 0 Å². The zero-order chi connectivity index (χ0) is 15.2. The van der Waals surface area contributed by atoms with Crippen molar-refractivity contribution in [3.63, 3.8) is 0 Å². The molecule has 1 aromatic carbocycles. The number of carbonyl (C=O) groups excluding carboxylic acids is 1. The van der Waals surface area contributed by atoms with Crippen molar-refractivity contribution in [2.45, 2.75) is 40.0 Å². The molecule has 2 rings (SSSR count). The number of hydrogen-bond donors (Lipinski definition) is 2. The van der Waals surface area contributed by atoms with E-state index < -0.39 is 0 Å². The highest BCUT2D eigenvalue weighted by Crippen LogP contribution is 2.31. The van der Waals surface area contributed by atoms with E-state index in [1.807, 2.05) is 30.3 Å². The zero-order valence-electron chi connectivity index (χ0n) is 13.1. The molecule has 0 heterocycles. The molecule has 0 aliphatic heterocycles. The van der Waals surface area contributed by atoms with Crippen LogP contribution in [0.4, 0.5) is 10.5 Å². The van der Waals surface area contributed by atoms with Gasteiger partial charge in [-0.1, -0.05) is 39.0 Å². The largest absolute Gasteiger partial charge is 0.339 e. The van der Waals surface area contributed by atoms with E-state index in [-0.39, 0.29) is 6.03 Å². The van der Waals surface area contributed by atoms with Crippen LogP contribution in [0.2, 0.25) is 0 Å². The summed E-state index contributed by atoms with van der Waals surface area (Å²) in [4.78, 5) is 11.9. The monoisotopic (exact) mass is 287 g/mol. The van der Waals surface area contributed by atoms with Crippen molar-refractivity contribution < 1.29 is 4.79 Å². The number of hydrazone groups is 1. The van der Waals surface area contributed by atoms with Gasteiger partial charge in [0.25, 0.3) is 0 Å². The van der Waals surface area contributed by atoms with Gasteiger partial charge in [0, 0.05) is 17.3 Å². The highest BCUT2D eigenvalue weighted by atomic mass is 16.2. The maximum absolute atomic E-state index is 11.9. The first-order chi connectivity index (χ1) is 10.1. The van der Waals surface area contributed by atoms with Crippen molar-refractivity contribution in [3.8, 4) is 0 Å². The Bertz CT molecular complexity index is 496. The predicted octanol–water partition coefficient (Wildman–Crippen LogP) is 4.26. The lowest BCUT2D eigenvalue weighted by Crippen LogP contribution is -2.32. The Kier molecular flexibility index (Phi) is 5.37. The third-order valence-electron chi connectivity index (χ3n) is 4.09. The SMILES string of the molecule is CC(C)[C@@H]1CC[C@@H](C)C/C1=N/NC(=O)Nc1ccccc1. The number of hydrogen-bond acceptors (Lipinski definition) is 2. The lowest BCUT2D eigenvalue weighted by Gasteiger charge is -2.30. The number of anilines is 1. The summed E-state index contributed by atoms with van der Waals surface area (Å²) in [7, 11) is 0. The van der Waals surface area contributed by atoms with Crippen molar-refractivity contribution >= 4 is 17.4 Å². The van der Waals surface area contributed by atoms with E-state index in [0.29, 0.717) is 17.8 Å². The van der Waals surface area contributed by atoms with Gasteiger partial charge >= 0.3 is 6.03 Å². The third kappa shape index (κ3) is 4.59. The Balaban J connectivity index is 1.96. The zero-order valence-corrected chi connectivity index (χ0v) is 13.1. The van der Waals surface area contributed by atoms with Gasteiger partial charge in [0.15, 0.2) is 0 Å². The number of para-hydroxylation sites is 1. The average molecular weight is 287 g/mol. The molecule has 4 heteroatoms. The average Bonchev–Trinajstić information content (AvgIpc) is 2.46. The maximum atomic E-state index is 11.9. The van der Waals surface area contributed by atoms with E-state index in [9.17, 15) is 4.79 Å². The van der Waals surface area contributed by atoms with E-state index in [1.54, 1.807) is 0 Å². The molecular formula is C17H25N3O. The summed E-state index contributed by atoms with van der Waals surface area (Å²) in [6.07, 6.45) is 3.40. The van der Waals surface area contributed by atoms with Crippen molar-refractivity contribution in [1.82, 2.24) is 5.43 Å². The standard InChI is InChI=1S/C17H25N3O/c1-12(2)15-10-9-13(3)11-16(15)19-20-17(21)18-14-7-5-4-6-8-14/h4-8,12-13,15H,9-11H2,1-3H3,(H2,18,20,21)/b19-16-/t13-,15+/m1/s1. The van der Waals surface area contributed by atoms with E-state index >= 15 is 0 Å². The number of nitrogens with one attached hydrogen (secondary N) is 2. The minimum atomic E-state index is -0.283. The van der Waals surface area contributed by atoms with Gasteiger partial charge in [0.1, 0.15) is 0 Å². The van der Waals surface area contributed by atoms with Gasteiger partial charge < -0.3 is 5.32 Å². The molecule has 1 fully saturated rings. The Morgan fingerprint density at radius 2 is 1.95 bits per heavy atom. The second kappa shape index (κ2) is 7.25. The fraction of sp³-hybridized carbons (Fsp3) is 0.529. The molecule has 1 aromatic rings. The molecule has 0 unspecified atom stereocenters. The molecule has 0 saturated heterocycles. The molecular weight excluding hydrogens is 262 g/mol. The molecule has 4 nitrogen and oxygen atoms in total. The number of nitrogens with zero attached hydrogens (tertiary/aromatic N) is 1. The maximum Gasteiger partial charge on any atom is 0.339 e. The van der Waals surface area contributed by atoms with Crippen molar-refractivity contribution in [3.05, 3.63) is 30.3 Å². The van der Waals surface area contributed by atoms with Crippen LogP contribution in [0.3, 0.4) is 0 Å². The highest BCUT2D eigenvalue weighted by molar-refractivity contribution is 5.92. The van der Waals surface area contributed by atoms with E-state index in [0.717, 1.165) is 17.8 Å². The molecule has 2 N–H and O–H groups in total. The normalized spacial score (nSPS) is 24.1. The molecule has 114 valence electrons. The van der Waals surface area contributed by atoms with Gasteiger partial charge in [-0.2, -0.15) is 5.10 Å². The molecule has 0 radical (unpaired) electrons. The van der Waals surface area contributed by atoms with Gasteiger partial charge in [0.05, 0.1) is 0 Å². The van der Waals surface area contributed by atoms with Crippen LogP contribution in [0.5, 0.6) is 0 Å². The third-order valence-corrected chi connectivity index (χ3v) is 4.09. The Hall–Kier alpha value is -1.84. The summed E-state index contributed by atoms with van der Waals surface area (Å²) in [5.41, 5.74) is 4.55. The number of carbonyl (C=O) groups is 1. The lowest BCUT2D eigenvalue weighted by molar-refractivity contribution is 0.252. The minimum Gasteiger partial charge on any atom is -0.307 e. The van der Waals surface area contributed by atoms with Crippen LogP contribution in [0.1, 0.15) is 40.0 Å². The fourth-order valence-corrected chi connectivity index (χ4v) is 2.89. The fourth-order valence-electron chi connectivity index (χ4n) is 2.89. The van der Waals surface area contributed by atoms with E-state index in [2.05, 4.69) is 36.6 Å². The van der Waals surface area contributed by atoms with Gasteiger partial charge in [0.2, 0.25) is 0 Å². The van der Waals surface area contributed by atoms with Gasteiger partial charge in [-0.25, -0.2) is 10.2 Å². The molecule has 0 aromatic heterocycles. The summed E-state index contributed by atoms with van der Waals surface area (Å²) < 4.78 is 0. The van der Waals surface area contributed by atoms with Gasteiger partial charge in [-0.3, -0.25) is 0 Å². The van der Waals surface area contributed by atoms with Crippen LogP contribution < -0.4 is 10.7 Å². The number of benzene rings is 1. The summed E-state index contributed by atoms with van der Waals surface area (Å²) in [5.74, 6) is 1.70. The first-order valence-corrected chi connectivity index (χ1v) is 7.74. The number of rotatable bonds is 3. The van der Waals surface area contributed by atoms with Crippen molar-refractivity contribution in [2.24, 2.45) is 22.9 Å². The summed E-state index contributed by atoms with van der Waals surface area (Å²) in [6, 6.07) is 9.12. The van der Waals surface area contributed by atoms with Crippen molar-refractivity contribution in [2.75, 3.05) is 5.32 Å². The Morgan fingerprint density at radius 1 is 1.24 bits per heavy atom. The summed E-state index contributed by atoms with van der Waals surface area (Å²) in [5, 5.41) is 7.17. The molecule has 1 aliphatic carbocycles. The molecule has 0 spiro atoms. The molecule has 2 amide bonds. The van der Waals surface area contributed by atoms with Crippen LogP contribution in [-0.4, -0.2) is 11.7 Å². The minimum absolute atomic E-state index is 0.283. The van der Waals surface area contributed by atoms with Crippen LogP contribution in [0.25, 0.3) is 0 Å². The molecule has 0 bridgehead atoms. The van der Waals surface area contributed by atoms with Crippen LogP contribution in [0, 0.1) is 17.8 Å². The summed E-state index contributed by atoms with van der Waals surface area (Å²) in [6.45, 7) is 6.69. The van der Waals surface area contributed by atoms with Crippen LogP contribution in [0.15, 0.2) is 35.4 Å². The smallest absolute Gasteiger partial charge is 0.307 e. The second-order valence-electron chi connectivity index (χ2n) is 6.27. The molecule has 1 aliphatic rings. The Labute approximate surface area is 127 Å². The number of urea groups is 1. The van der Waals surface area contributed by atoms with Crippen LogP contribution in [-0.2, 0) is 0 Å².